The third-order valence-corrected chi connectivity index (χ3v) is 3.89. The first-order valence-electron chi connectivity index (χ1n) is 7.06. The van der Waals surface area contributed by atoms with Crippen molar-refractivity contribution < 1.29 is 9.90 Å². The Hall–Kier alpha value is -1.86. The lowest BCUT2D eigenvalue weighted by Crippen LogP contribution is -2.41. The molecule has 0 aromatic heterocycles. The summed E-state index contributed by atoms with van der Waals surface area (Å²) in [6.45, 7) is 0.326. The molecule has 0 atom stereocenters. The number of nitrogens with zero attached hydrogens (tertiary/aromatic N) is 1. The molecular weight excluding hydrogens is 252 g/mol. The zero-order valence-electron chi connectivity index (χ0n) is 11.6. The van der Waals surface area contributed by atoms with Crippen LogP contribution in [-0.4, -0.2) is 23.2 Å². The molecule has 0 radical (unpaired) electrons. The topological polar surface area (TPSA) is 73.1 Å². The minimum Gasteiger partial charge on any atom is -0.388 e. The maximum atomic E-state index is 12.0. The van der Waals surface area contributed by atoms with Crippen molar-refractivity contribution >= 4 is 5.91 Å². The first-order chi connectivity index (χ1) is 9.63. The molecule has 0 heterocycles. The highest BCUT2D eigenvalue weighted by atomic mass is 16.3. The predicted octanol–water partition coefficient (Wildman–Crippen LogP) is 1.72. The highest BCUT2D eigenvalue weighted by Gasteiger charge is 2.31. The van der Waals surface area contributed by atoms with E-state index in [1.807, 2.05) is 24.3 Å². The Balaban J connectivity index is 1.90. The van der Waals surface area contributed by atoms with Crippen LogP contribution < -0.4 is 5.32 Å². The Morgan fingerprint density at radius 1 is 1.30 bits per heavy atom. The molecule has 0 saturated heterocycles. The highest BCUT2D eigenvalue weighted by molar-refractivity contribution is 5.79. The third-order valence-electron chi connectivity index (χ3n) is 3.89. The van der Waals surface area contributed by atoms with Gasteiger partial charge in [-0.3, -0.25) is 4.79 Å². The number of amides is 1. The summed E-state index contributed by atoms with van der Waals surface area (Å²) in [6, 6.07) is 9.59. The van der Waals surface area contributed by atoms with Gasteiger partial charge in [-0.1, -0.05) is 37.1 Å². The molecule has 4 nitrogen and oxygen atoms in total. The summed E-state index contributed by atoms with van der Waals surface area (Å²) >= 11 is 0. The summed E-state index contributed by atoms with van der Waals surface area (Å²) in [5.74, 6) is -0.101. The van der Waals surface area contributed by atoms with Gasteiger partial charge < -0.3 is 10.4 Å². The van der Waals surface area contributed by atoms with Gasteiger partial charge in [-0.05, 0) is 24.0 Å². The molecule has 20 heavy (non-hydrogen) atoms. The monoisotopic (exact) mass is 272 g/mol. The summed E-state index contributed by atoms with van der Waals surface area (Å²) in [7, 11) is 0. The van der Waals surface area contributed by atoms with E-state index < -0.39 is 5.60 Å². The average molecular weight is 272 g/mol. The number of benzene rings is 1. The number of rotatable bonds is 5. The quantitative estimate of drug-likeness (QED) is 0.857. The van der Waals surface area contributed by atoms with Gasteiger partial charge >= 0.3 is 0 Å². The van der Waals surface area contributed by atoms with Crippen LogP contribution in [0.1, 0.15) is 36.8 Å². The van der Waals surface area contributed by atoms with Gasteiger partial charge in [0.15, 0.2) is 0 Å². The first kappa shape index (κ1) is 14.5. The molecule has 1 aromatic carbocycles. The first-order valence-corrected chi connectivity index (χ1v) is 7.06. The number of carbonyl (C=O) groups is 1. The van der Waals surface area contributed by atoms with Crippen LogP contribution in [0.2, 0.25) is 0 Å². The minimum atomic E-state index is -0.720. The molecule has 0 bridgehead atoms. The normalized spacial score (nSPS) is 16.6. The average Bonchev–Trinajstić information content (AvgIpc) is 2.87. The summed E-state index contributed by atoms with van der Waals surface area (Å²) in [5.41, 5.74) is 1.05. The van der Waals surface area contributed by atoms with Gasteiger partial charge in [-0.25, -0.2) is 0 Å². The summed E-state index contributed by atoms with van der Waals surface area (Å²) in [4.78, 5) is 12.0. The van der Waals surface area contributed by atoms with E-state index in [1.54, 1.807) is 0 Å². The molecule has 0 spiro atoms. The molecule has 2 rings (SSSR count). The fraction of sp³-hybridized carbons (Fsp3) is 0.500. The molecule has 1 fully saturated rings. The van der Waals surface area contributed by atoms with Crippen LogP contribution in [0.5, 0.6) is 0 Å². The fourth-order valence-corrected chi connectivity index (χ4v) is 2.70. The van der Waals surface area contributed by atoms with Crippen molar-refractivity contribution in [3.63, 3.8) is 0 Å². The Labute approximate surface area is 119 Å². The molecular formula is C16H20N2O2. The van der Waals surface area contributed by atoms with Crippen molar-refractivity contribution in [2.45, 2.75) is 44.1 Å². The Morgan fingerprint density at radius 2 is 1.95 bits per heavy atom. The second kappa shape index (κ2) is 6.53. The van der Waals surface area contributed by atoms with Crippen molar-refractivity contribution in [3.8, 4) is 6.07 Å². The zero-order chi connectivity index (χ0) is 14.4. The second-order valence-corrected chi connectivity index (χ2v) is 5.49. The van der Waals surface area contributed by atoms with E-state index in [0.717, 1.165) is 36.8 Å². The summed E-state index contributed by atoms with van der Waals surface area (Å²) < 4.78 is 0. The zero-order valence-corrected chi connectivity index (χ0v) is 11.6. The van der Waals surface area contributed by atoms with E-state index in [2.05, 4.69) is 11.4 Å². The lowest BCUT2D eigenvalue weighted by molar-refractivity contribution is -0.121. The Kier molecular flexibility index (Phi) is 4.75. The minimum absolute atomic E-state index is 0.101. The van der Waals surface area contributed by atoms with Crippen LogP contribution in [-0.2, 0) is 17.6 Å². The molecule has 1 aliphatic rings. The molecule has 4 heteroatoms. The molecule has 0 unspecified atom stereocenters. The highest BCUT2D eigenvalue weighted by Crippen LogP contribution is 2.28. The molecule has 0 aliphatic heterocycles. The summed E-state index contributed by atoms with van der Waals surface area (Å²) in [6.07, 6.45) is 4.15. The van der Waals surface area contributed by atoms with Gasteiger partial charge in [0.05, 0.1) is 24.5 Å². The van der Waals surface area contributed by atoms with E-state index >= 15 is 0 Å². The Morgan fingerprint density at radius 3 is 2.60 bits per heavy atom. The predicted molar refractivity (Wildman–Crippen MR) is 75.9 cm³/mol. The number of hydrogen-bond donors (Lipinski definition) is 2. The lowest BCUT2D eigenvalue weighted by atomic mass is 10.0. The molecule has 1 aromatic rings. The van der Waals surface area contributed by atoms with E-state index in [0.29, 0.717) is 13.0 Å². The number of hydrogen-bond acceptors (Lipinski definition) is 3. The van der Waals surface area contributed by atoms with Crippen molar-refractivity contribution in [2.75, 3.05) is 6.54 Å². The number of aliphatic hydroxyl groups is 1. The molecule has 2 N–H and O–H groups in total. The maximum Gasteiger partial charge on any atom is 0.224 e. The van der Waals surface area contributed by atoms with Gasteiger partial charge in [-0.2, -0.15) is 5.26 Å². The van der Waals surface area contributed by atoms with Gasteiger partial charge in [0.25, 0.3) is 0 Å². The molecule has 1 saturated carbocycles. The standard InChI is InChI=1S/C16H20N2O2/c17-10-7-13-5-1-2-6-14(13)11-15(19)18-12-16(20)8-3-4-9-16/h1-2,5-6,20H,3-4,7-9,11-12H2,(H,18,19). The van der Waals surface area contributed by atoms with E-state index in [4.69, 9.17) is 5.26 Å². The van der Waals surface area contributed by atoms with Gasteiger partial charge in [-0.15, -0.1) is 0 Å². The van der Waals surface area contributed by atoms with Crippen LogP contribution in [0.15, 0.2) is 24.3 Å². The largest absolute Gasteiger partial charge is 0.388 e. The molecule has 1 aliphatic carbocycles. The molecule has 1 amide bonds. The number of nitrogens with one attached hydrogen (secondary N) is 1. The van der Waals surface area contributed by atoms with Crippen LogP contribution in [0, 0.1) is 11.3 Å². The van der Waals surface area contributed by atoms with E-state index in [9.17, 15) is 9.90 Å². The van der Waals surface area contributed by atoms with Crippen molar-refractivity contribution in [3.05, 3.63) is 35.4 Å². The third kappa shape index (κ3) is 3.82. The van der Waals surface area contributed by atoms with Crippen molar-refractivity contribution in [1.29, 1.82) is 5.26 Å². The summed E-state index contributed by atoms with van der Waals surface area (Å²) in [5, 5.41) is 21.8. The SMILES string of the molecule is N#CCc1ccccc1CC(=O)NCC1(O)CCCC1. The van der Waals surface area contributed by atoms with Gasteiger partial charge in [0.2, 0.25) is 5.91 Å². The van der Waals surface area contributed by atoms with E-state index in [1.165, 1.54) is 0 Å². The van der Waals surface area contributed by atoms with Gasteiger partial charge in [0, 0.05) is 6.54 Å². The van der Waals surface area contributed by atoms with Crippen LogP contribution in [0.4, 0.5) is 0 Å². The second-order valence-electron chi connectivity index (χ2n) is 5.49. The smallest absolute Gasteiger partial charge is 0.224 e. The van der Waals surface area contributed by atoms with Crippen molar-refractivity contribution in [1.82, 2.24) is 5.32 Å². The van der Waals surface area contributed by atoms with Crippen LogP contribution in [0.25, 0.3) is 0 Å². The van der Waals surface area contributed by atoms with Crippen LogP contribution in [0.3, 0.4) is 0 Å². The fourth-order valence-electron chi connectivity index (χ4n) is 2.70. The lowest BCUT2D eigenvalue weighted by Gasteiger charge is -2.22. The van der Waals surface area contributed by atoms with Crippen LogP contribution >= 0.6 is 0 Å². The molecule has 106 valence electrons. The van der Waals surface area contributed by atoms with Crippen molar-refractivity contribution in [2.24, 2.45) is 0 Å². The number of nitriles is 1. The van der Waals surface area contributed by atoms with Gasteiger partial charge in [0.1, 0.15) is 0 Å². The number of carbonyl (C=O) groups excluding carboxylic acids is 1. The van der Waals surface area contributed by atoms with E-state index in [-0.39, 0.29) is 12.3 Å². The Bertz CT molecular complexity index is 513. The maximum absolute atomic E-state index is 12.0.